The van der Waals surface area contributed by atoms with Gasteiger partial charge in [0.25, 0.3) is 5.91 Å². The molecule has 4 atom stereocenters. The third-order valence-electron chi connectivity index (χ3n) is 7.05. The summed E-state index contributed by atoms with van der Waals surface area (Å²) in [4.78, 5) is 22.6. The summed E-state index contributed by atoms with van der Waals surface area (Å²) < 4.78 is 6.51. The van der Waals surface area contributed by atoms with Crippen LogP contribution in [-0.2, 0) is 4.74 Å². The van der Waals surface area contributed by atoms with Crippen LogP contribution in [-0.4, -0.2) is 66.1 Å². The molecular weight excluding hydrogens is 350 g/mol. The molecule has 148 valence electrons. The first-order valence-electron chi connectivity index (χ1n) is 10.4. The van der Waals surface area contributed by atoms with E-state index >= 15 is 0 Å². The molecule has 0 N–H and O–H groups in total. The number of nitrogens with zero attached hydrogens (tertiary/aromatic N) is 3. The molecule has 0 saturated carbocycles. The van der Waals surface area contributed by atoms with Crippen molar-refractivity contribution in [2.45, 2.75) is 38.4 Å². The summed E-state index contributed by atoms with van der Waals surface area (Å²) in [6.45, 7) is 6.60. The van der Waals surface area contributed by atoms with Crippen LogP contribution < -0.4 is 0 Å². The zero-order valence-electron chi connectivity index (χ0n) is 17.2. The Morgan fingerprint density at radius 1 is 1.36 bits per heavy atom. The van der Waals surface area contributed by atoms with E-state index < -0.39 is 0 Å². The van der Waals surface area contributed by atoms with Gasteiger partial charge in [-0.2, -0.15) is 0 Å². The van der Waals surface area contributed by atoms with Crippen molar-refractivity contribution < 1.29 is 9.53 Å². The SMILES string of the molecule is Cc1cc(C(=O)N2C[C@@H]3[C@H](CN(C)C)[C@H]4CC[C@]3(C2)O4)c2cccc(C)c2n1. The van der Waals surface area contributed by atoms with Gasteiger partial charge in [-0.25, -0.2) is 0 Å². The zero-order valence-corrected chi connectivity index (χ0v) is 17.2. The number of hydrogen-bond acceptors (Lipinski definition) is 4. The van der Waals surface area contributed by atoms with E-state index in [1.54, 1.807) is 0 Å². The number of fused-ring (bicyclic) bond motifs is 2. The van der Waals surface area contributed by atoms with E-state index in [2.05, 4.69) is 37.0 Å². The number of para-hydroxylation sites is 1. The van der Waals surface area contributed by atoms with Crippen molar-refractivity contribution in [1.29, 1.82) is 0 Å². The Kier molecular flexibility index (Phi) is 4.04. The molecule has 1 aromatic heterocycles. The van der Waals surface area contributed by atoms with Crippen molar-refractivity contribution in [3.8, 4) is 0 Å². The van der Waals surface area contributed by atoms with Gasteiger partial charge < -0.3 is 14.5 Å². The standard InChI is InChI=1S/C23H29N3O2/c1-14-6-5-7-16-17(10-15(2)24-21(14)16)22(27)26-12-19-18(11-25(3)4)20-8-9-23(19,13-26)28-20/h5-7,10,18-20H,8-9,11-13H2,1-4H3/t18-,19+,20+,23+/m0/s1. The van der Waals surface area contributed by atoms with Gasteiger partial charge >= 0.3 is 0 Å². The second-order valence-electron chi connectivity index (χ2n) is 9.26. The van der Waals surface area contributed by atoms with Crippen LogP contribution in [0.3, 0.4) is 0 Å². The van der Waals surface area contributed by atoms with E-state index in [1.807, 2.05) is 30.0 Å². The van der Waals surface area contributed by atoms with Crippen LogP contribution in [0.15, 0.2) is 24.3 Å². The predicted molar refractivity (Wildman–Crippen MR) is 109 cm³/mol. The van der Waals surface area contributed by atoms with E-state index in [0.29, 0.717) is 17.9 Å². The Bertz CT molecular complexity index is 956. The summed E-state index contributed by atoms with van der Waals surface area (Å²) >= 11 is 0. The molecule has 3 fully saturated rings. The number of hydrogen-bond donors (Lipinski definition) is 0. The van der Waals surface area contributed by atoms with Crippen LogP contribution in [0.5, 0.6) is 0 Å². The summed E-state index contributed by atoms with van der Waals surface area (Å²) in [5, 5.41) is 0.959. The average Bonchev–Trinajstić information content (AvgIpc) is 3.31. The van der Waals surface area contributed by atoms with E-state index in [9.17, 15) is 4.79 Å². The van der Waals surface area contributed by atoms with Crippen molar-refractivity contribution in [3.63, 3.8) is 0 Å². The minimum atomic E-state index is -0.116. The molecule has 5 rings (SSSR count). The highest BCUT2D eigenvalue weighted by Gasteiger charge is 2.63. The summed E-state index contributed by atoms with van der Waals surface area (Å²) in [6, 6.07) is 8.04. The van der Waals surface area contributed by atoms with Gasteiger partial charge in [-0.15, -0.1) is 0 Å². The van der Waals surface area contributed by atoms with Gasteiger partial charge in [0, 0.05) is 36.0 Å². The van der Waals surface area contributed by atoms with E-state index in [4.69, 9.17) is 4.74 Å². The fraction of sp³-hybridized carbons (Fsp3) is 0.565. The molecule has 3 aliphatic heterocycles. The van der Waals surface area contributed by atoms with Crippen LogP contribution in [0.25, 0.3) is 10.9 Å². The third kappa shape index (κ3) is 2.60. The zero-order chi connectivity index (χ0) is 19.6. The van der Waals surface area contributed by atoms with Crippen LogP contribution >= 0.6 is 0 Å². The molecular formula is C23H29N3O2. The van der Waals surface area contributed by atoms with Crippen LogP contribution in [0.1, 0.15) is 34.5 Å². The van der Waals surface area contributed by atoms with E-state index in [-0.39, 0.29) is 11.5 Å². The smallest absolute Gasteiger partial charge is 0.254 e. The first-order valence-corrected chi connectivity index (χ1v) is 10.4. The molecule has 28 heavy (non-hydrogen) atoms. The number of carbonyl (C=O) groups is 1. The van der Waals surface area contributed by atoms with Crippen molar-refractivity contribution in [1.82, 2.24) is 14.8 Å². The maximum Gasteiger partial charge on any atom is 0.254 e. The molecule has 3 aliphatic rings. The summed E-state index contributed by atoms with van der Waals surface area (Å²) in [7, 11) is 4.26. The second kappa shape index (κ2) is 6.26. The van der Waals surface area contributed by atoms with Crippen molar-refractivity contribution in [3.05, 3.63) is 41.1 Å². The monoisotopic (exact) mass is 379 g/mol. The van der Waals surface area contributed by atoms with Gasteiger partial charge in [0.05, 0.1) is 29.3 Å². The van der Waals surface area contributed by atoms with Crippen molar-refractivity contribution >= 4 is 16.8 Å². The Morgan fingerprint density at radius 3 is 2.96 bits per heavy atom. The van der Waals surface area contributed by atoms with Crippen LogP contribution in [0.2, 0.25) is 0 Å². The normalized spacial score (nSPS) is 31.2. The largest absolute Gasteiger partial charge is 0.369 e. The Hall–Kier alpha value is -1.98. The molecule has 3 saturated heterocycles. The first kappa shape index (κ1) is 18.1. The molecule has 2 aromatic rings. The molecule has 1 spiro atoms. The maximum atomic E-state index is 13.6. The lowest BCUT2D eigenvalue weighted by molar-refractivity contribution is 0.00258. The maximum absolute atomic E-state index is 13.6. The lowest BCUT2D eigenvalue weighted by atomic mass is 9.73. The minimum absolute atomic E-state index is 0.116. The molecule has 2 bridgehead atoms. The molecule has 1 amide bonds. The van der Waals surface area contributed by atoms with Gasteiger partial charge in [-0.05, 0) is 52.4 Å². The quantitative estimate of drug-likeness (QED) is 0.822. The van der Waals surface area contributed by atoms with Crippen molar-refractivity contribution in [2.75, 3.05) is 33.7 Å². The third-order valence-corrected chi connectivity index (χ3v) is 7.05. The Morgan fingerprint density at radius 2 is 2.18 bits per heavy atom. The average molecular weight is 380 g/mol. The van der Waals surface area contributed by atoms with Crippen LogP contribution in [0, 0.1) is 25.7 Å². The Labute approximate surface area is 166 Å². The summed E-state index contributed by atoms with van der Waals surface area (Å²) in [5.41, 5.74) is 3.60. The molecule has 5 heteroatoms. The van der Waals surface area contributed by atoms with E-state index in [1.165, 1.54) is 0 Å². The van der Waals surface area contributed by atoms with Crippen LogP contribution in [0.4, 0.5) is 0 Å². The topological polar surface area (TPSA) is 45.7 Å². The number of amides is 1. The van der Waals surface area contributed by atoms with Gasteiger partial charge in [0.2, 0.25) is 0 Å². The second-order valence-corrected chi connectivity index (χ2v) is 9.26. The lowest BCUT2D eigenvalue weighted by Gasteiger charge is -2.30. The molecule has 0 radical (unpaired) electrons. The number of rotatable bonds is 3. The van der Waals surface area contributed by atoms with E-state index in [0.717, 1.165) is 60.2 Å². The number of pyridine rings is 1. The number of carbonyl (C=O) groups excluding carboxylic acids is 1. The highest BCUT2D eigenvalue weighted by molar-refractivity contribution is 6.07. The predicted octanol–water partition coefficient (Wildman–Crippen LogP) is 3.03. The molecule has 1 aromatic carbocycles. The van der Waals surface area contributed by atoms with Gasteiger partial charge in [-0.1, -0.05) is 18.2 Å². The highest BCUT2D eigenvalue weighted by atomic mass is 16.5. The molecule has 0 aliphatic carbocycles. The Balaban J connectivity index is 1.48. The summed E-state index contributed by atoms with van der Waals surface area (Å²) in [5.74, 6) is 1.11. The number of aryl methyl sites for hydroxylation is 2. The number of benzene rings is 1. The fourth-order valence-electron chi connectivity index (χ4n) is 5.88. The highest BCUT2D eigenvalue weighted by Crippen LogP contribution is 2.55. The molecule has 4 heterocycles. The minimum Gasteiger partial charge on any atom is -0.369 e. The lowest BCUT2D eigenvalue weighted by Crippen LogP contribution is -2.40. The number of aromatic nitrogens is 1. The van der Waals surface area contributed by atoms with Gasteiger partial charge in [-0.3, -0.25) is 9.78 Å². The summed E-state index contributed by atoms with van der Waals surface area (Å²) in [6.07, 6.45) is 2.59. The molecule has 5 nitrogen and oxygen atoms in total. The van der Waals surface area contributed by atoms with Crippen molar-refractivity contribution in [2.24, 2.45) is 11.8 Å². The fourth-order valence-corrected chi connectivity index (χ4v) is 5.88. The number of likely N-dealkylation sites (tertiary alicyclic amines) is 1. The van der Waals surface area contributed by atoms with Gasteiger partial charge in [0.15, 0.2) is 0 Å². The number of ether oxygens (including phenoxy) is 1. The first-order chi connectivity index (χ1) is 13.4. The van der Waals surface area contributed by atoms with Gasteiger partial charge in [0.1, 0.15) is 0 Å². The molecule has 0 unspecified atom stereocenters.